The number of rotatable bonds is 5. The molecule has 1 fully saturated rings. The molecule has 0 bridgehead atoms. The molecule has 0 aromatic heterocycles. The van der Waals surface area contributed by atoms with Crippen LogP contribution in [-0.2, 0) is 0 Å². The van der Waals surface area contributed by atoms with Gasteiger partial charge in [-0.15, -0.1) is 0 Å². The second-order valence-electron chi connectivity index (χ2n) is 5.31. The van der Waals surface area contributed by atoms with E-state index >= 15 is 0 Å². The van der Waals surface area contributed by atoms with E-state index in [1.165, 1.54) is 51.4 Å². The molecule has 90 valence electrons. The Labute approximate surface area is 95.2 Å². The Hall–Kier alpha value is -0.0800. The molecule has 1 aliphatic rings. The molecule has 2 heteroatoms. The van der Waals surface area contributed by atoms with Gasteiger partial charge in [-0.05, 0) is 33.4 Å². The van der Waals surface area contributed by atoms with Crippen LogP contribution in [0.25, 0.3) is 0 Å². The lowest BCUT2D eigenvalue weighted by atomic mass is 9.74. The van der Waals surface area contributed by atoms with Gasteiger partial charge in [-0.25, -0.2) is 0 Å². The molecule has 1 unspecified atom stereocenters. The molecule has 2 nitrogen and oxygen atoms in total. The van der Waals surface area contributed by atoms with Crippen LogP contribution in [0.4, 0.5) is 0 Å². The third kappa shape index (κ3) is 2.94. The molecule has 0 heterocycles. The van der Waals surface area contributed by atoms with Gasteiger partial charge in [0.15, 0.2) is 0 Å². The Morgan fingerprint density at radius 1 is 1.20 bits per heavy atom. The first-order chi connectivity index (χ1) is 7.13. The lowest BCUT2D eigenvalue weighted by molar-refractivity contribution is 0.0677. The highest BCUT2D eigenvalue weighted by molar-refractivity contribution is 4.98. The van der Waals surface area contributed by atoms with Crippen LogP contribution in [0.5, 0.6) is 0 Å². The summed E-state index contributed by atoms with van der Waals surface area (Å²) in [7, 11) is 4.41. The van der Waals surface area contributed by atoms with E-state index in [2.05, 4.69) is 25.9 Å². The van der Waals surface area contributed by atoms with E-state index < -0.39 is 0 Å². The minimum atomic E-state index is 0.299. The standard InChI is InChI=1S/C13H28N2/c1-4-5-9-12(14)13(15(2)3)10-7-6-8-11-13/h12H,4-11,14H2,1-3H3. The molecule has 0 aliphatic heterocycles. The zero-order valence-corrected chi connectivity index (χ0v) is 10.8. The summed E-state index contributed by atoms with van der Waals surface area (Å²) < 4.78 is 0. The SMILES string of the molecule is CCCCC(N)C1(N(C)C)CCCCC1. The summed E-state index contributed by atoms with van der Waals surface area (Å²) in [6.07, 6.45) is 10.4. The van der Waals surface area contributed by atoms with Crippen molar-refractivity contribution in [2.24, 2.45) is 5.73 Å². The van der Waals surface area contributed by atoms with Crippen molar-refractivity contribution in [3.8, 4) is 0 Å². The first kappa shape index (κ1) is 13.0. The van der Waals surface area contributed by atoms with E-state index in [1.54, 1.807) is 0 Å². The fourth-order valence-electron chi connectivity index (χ4n) is 3.01. The minimum Gasteiger partial charge on any atom is -0.326 e. The summed E-state index contributed by atoms with van der Waals surface area (Å²) in [5, 5.41) is 0. The van der Waals surface area contributed by atoms with Crippen LogP contribution in [0.3, 0.4) is 0 Å². The number of unbranched alkanes of at least 4 members (excludes halogenated alkanes) is 1. The normalized spacial score (nSPS) is 23.0. The van der Waals surface area contributed by atoms with Gasteiger partial charge in [0.05, 0.1) is 0 Å². The van der Waals surface area contributed by atoms with E-state index in [0.29, 0.717) is 11.6 Å². The molecule has 2 N–H and O–H groups in total. The highest BCUT2D eigenvalue weighted by Gasteiger charge is 2.39. The monoisotopic (exact) mass is 212 g/mol. The molecule has 15 heavy (non-hydrogen) atoms. The molecule has 0 saturated heterocycles. The smallest absolute Gasteiger partial charge is 0.0354 e. The highest BCUT2D eigenvalue weighted by Crippen LogP contribution is 2.35. The molecule has 0 aromatic rings. The predicted molar refractivity (Wildman–Crippen MR) is 67.0 cm³/mol. The van der Waals surface area contributed by atoms with Crippen LogP contribution in [-0.4, -0.2) is 30.6 Å². The fraction of sp³-hybridized carbons (Fsp3) is 1.00. The van der Waals surface area contributed by atoms with Gasteiger partial charge in [0.1, 0.15) is 0 Å². The van der Waals surface area contributed by atoms with Crippen LogP contribution in [0.15, 0.2) is 0 Å². The summed E-state index contributed by atoms with van der Waals surface area (Å²) in [6.45, 7) is 2.25. The van der Waals surface area contributed by atoms with Gasteiger partial charge in [0.2, 0.25) is 0 Å². The summed E-state index contributed by atoms with van der Waals surface area (Å²) in [4.78, 5) is 2.40. The maximum Gasteiger partial charge on any atom is 0.0354 e. The molecule has 0 aromatic carbocycles. The molecule has 1 saturated carbocycles. The minimum absolute atomic E-state index is 0.299. The van der Waals surface area contributed by atoms with Crippen molar-refractivity contribution in [1.82, 2.24) is 4.90 Å². The largest absolute Gasteiger partial charge is 0.326 e. The van der Waals surface area contributed by atoms with Crippen molar-refractivity contribution >= 4 is 0 Å². The van der Waals surface area contributed by atoms with Gasteiger partial charge in [-0.1, -0.05) is 39.0 Å². The van der Waals surface area contributed by atoms with Crippen LogP contribution in [0.1, 0.15) is 58.3 Å². The average Bonchev–Trinajstić information content (AvgIpc) is 2.26. The maximum atomic E-state index is 6.43. The van der Waals surface area contributed by atoms with Crippen LogP contribution in [0, 0.1) is 0 Å². The maximum absolute atomic E-state index is 6.43. The Morgan fingerprint density at radius 3 is 2.27 bits per heavy atom. The number of hydrogen-bond donors (Lipinski definition) is 1. The lowest BCUT2D eigenvalue weighted by Crippen LogP contribution is -2.58. The van der Waals surface area contributed by atoms with E-state index in [-0.39, 0.29) is 0 Å². The average molecular weight is 212 g/mol. The van der Waals surface area contributed by atoms with E-state index in [4.69, 9.17) is 5.73 Å². The van der Waals surface area contributed by atoms with Crippen molar-refractivity contribution in [2.45, 2.75) is 69.9 Å². The van der Waals surface area contributed by atoms with E-state index in [1.807, 2.05) is 0 Å². The molecule has 0 radical (unpaired) electrons. The predicted octanol–water partition coefficient (Wildman–Crippen LogP) is 2.77. The molecule has 0 amide bonds. The Morgan fingerprint density at radius 2 is 1.80 bits per heavy atom. The molecule has 1 atom stereocenters. The van der Waals surface area contributed by atoms with Crippen LogP contribution in [0.2, 0.25) is 0 Å². The van der Waals surface area contributed by atoms with Crippen molar-refractivity contribution in [1.29, 1.82) is 0 Å². The fourth-order valence-corrected chi connectivity index (χ4v) is 3.01. The molecular formula is C13H28N2. The van der Waals surface area contributed by atoms with Gasteiger partial charge < -0.3 is 10.6 Å². The molecule has 0 spiro atoms. The van der Waals surface area contributed by atoms with E-state index in [9.17, 15) is 0 Å². The van der Waals surface area contributed by atoms with Crippen LogP contribution >= 0.6 is 0 Å². The van der Waals surface area contributed by atoms with Crippen molar-refractivity contribution in [3.05, 3.63) is 0 Å². The van der Waals surface area contributed by atoms with Gasteiger partial charge in [0.25, 0.3) is 0 Å². The zero-order chi connectivity index (χ0) is 11.3. The van der Waals surface area contributed by atoms with Crippen molar-refractivity contribution in [2.75, 3.05) is 14.1 Å². The van der Waals surface area contributed by atoms with Gasteiger partial charge >= 0.3 is 0 Å². The second-order valence-corrected chi connectivity index (χ2v) is 5.31. The van der Waals surface area contributed by atoms with Gasteiger partial charge in [-0.2, -0.15) is 0 Å². The van der Waals surface area contributed by atoms with Gasteiger partial charge in [-0.3, -0.25) is 0 Å². The molecule has 1 rings (SSSR count). The van der Waals surface area contributed by atoms with E-state index in [0.717, 1.165) is 0 Å². The zero-order valence-electron chi connectivity index (χ0n) is 10.8. The lowest BCUT2D eigenvalue weighted by Gasteiger charge is -2.47. The Kier molecular flexibility index (Phi) is 5.07. The summed E-state index contributed by atoms with van der Waals surface area (Å²) >= 11 is 0. The quantitative estimate of drug-likeness (QED) is 0.759. The third-order valence-corrected chi connectivity index (χ3v) is 4.17. The highest BCUT2D eigenvalue weighted by atomic mass is 15.2. The van der Waals surface area contributed by atoms with Crippen molar-refractivity contribution < 1.29 is 0 Å². The molecular weight excluding hydrogens is 184 g/mol. The first-order valence-corrected chi connectivity index (χ1v) is 6.56. The third-order valence-electron chi connectivity index (χ3n) is 4.17. The molecule has 1 aliphatic carbocycles. The number of nitrogens with zero attached hydrogens (tertiary/aromatic N) is 1. The number of likely N-dealkylation sites (N-methyl/N-ethyl adjacent to an activating group) is 1. The first-order valence-electron chi connectivity index (χ1n) is 6.56. The summed E-state index contributed by atoms with van der Waals surface area (Å²) in [6, 6.07) is 0.368. The summed E-state index contributed by atoms with van der Waals surface area (Å²) in [5.74, 6) is 0. The topological polar surface area (TPSA) is 29.3 Å². The number of nitrogens with two attached hydrogens (primary N) is 1. The Balaban J connectivity index is 2.62. The second kappa shape index (κ2) is 5.86. The van der Waals surface area contributed by atoms with Gasteiger partial charge in [0, 0.05) is 11.6 Å². The number of hydrogen-bond acceptors (Lipinski definition) is 2. The Bertz CT molecular complexity index is 171. The van der Waals surface area contributed by atoms with Crippen LogP contribution < -0.4 is 5.73 Å². The van der Waals surface area contributed by atoms with Crippen molar-refractivity contribution in [3.63, 3.8) is 0 Å². The summed E-state index contributed by atoms with van der Waals surface area (Å²) in [5.41, 5.74) is 6.73.